The Balaban J connectivity index is 0.000000289. The minimum Gasteiger partial charge on any atom is -0.481 e. The van der Waals surface area contributed by atoms with Gasteiger partial charge in [0.2, 0.25) is 0 Å². The maximum atomic E-state index is 10.3. The third-order valence-corrected chi connectivity index (χ3v) is 6.04. The molecule has 3 aromatic heterocycles. The molecule has 4 rings (SSSR count). The molecule has 0 amide bonds. The van der Waals surface area contributed by atoms with Crippen LogP contribution in [0.5, 0.6) is 0 Å². The standard InChI is InChI=1S/C22H24N4O.C6H8O7/c1-18-8-9-20(27-18)16-26(13-4-12-25-14-11-23-17-25)15-19-5-2-7-22-21(19)6-3-10-24-22;7-3(8)1-6(13,5(11)12)2-4(9)10/h2-3,5-11,14,17H,4,12-13,15-16H2,1H3;13H,1-2H2,(H,7,8)(H,9,10)(H,11,12). The Hall–Kier alpha value is -4.55. The number of nitrogens with zero attached hydrogens (tertiary/aromatic N) is 4. The SMILES string of the molecule is Cc1ccc(CN(CCCn2ccnc2)Cc2cccc3ncccc23)o1.O=C(O)CC(O)(CC(=O)O)C(=O)O. The van der Waals surface area contributed by atoms with Gasteiger partial charge in [-0.15, -0.1) is 0 Å². The summed E-state index contributed by atoms with van der Waals surface area (Å²) in [7, 11) is 0. The van der Waals surface area contributed by atoms with Gasteiger partial charge in [0.15, 0.2) is 5.60 Å². The van der Waals surface area contributed by atoms with E-state index in [2.05, 4.69) is 49.8 Å². The van der Waals surface area contributed by atoms with E-state index in [4.69, 9.17) is 24.8 Å². The highest BCUT2D eigenvalue weighted by atomic mass is 16.4. The number of fused-ring (bicyclic) bond motifs is 1. The molecular formula is C28H32N4O8. The zero-order chi connectivity index (χ0) is 29.1. The van der Waals surface area contributed by atoms with E-state index in [9.17, 15) is 14.4 Å². The molecule has 0 saturated carbocycles. The Labute approximate surface area is 230 Å². The second-order valence-electron chi connectivity index (χ2n) is 9.34. The molecular weight excluding hydrogens is 520 g/mol. The van der Waals surface area contributed by atoms with Gasteiger partial charge in [-0.2, -0.15) is 0 Å². The van der Waals surface area contributed by atoms with E-state index in [0.717, 1.165) is 49.6 Å². The summed E-state index contributed by atoms with van der Waals surface area (Å²) >= 11 is 0. The predicted octanol–water partition coefficient (Wildman–Crippen LogP) is 3.18. The number of aliphatic hydroxyl groups is 1. The number of hydrogen-bond acceptors (Lipinski definition) is 8. The van der Waals surface area contributed by atoms with Gasteiger partial charge in [0, 0.05) is 43.6 Å². The minimum absolute atomic E-state index is 0.800. The van der Waals surface area contributed by atoms with Crippen LogP contribution >= 0.6 is 0 Å². The number of benzene rings is 1. The monoisotopic (exact) mass is 552 g/mol. The zero-order valence-electron chi connectivity index (χ0n) is 22.0. The van der Waals surface area contributed by atoms with E-state index in [1.54, 1.807) is 0 Å². The quantitative estimate of drug-likeness (QED) is 0.191. The molecule has 0 spiro atoms. The van der Waals surface area contributed by atoms with Crippen LogP contribution in [0.15, 0.2) is 71.8 Å². The number of carboxylic acid groups (broad SMARTS) is 3. The van der Waals surface area contributed by atoms with Crippen LogP contribution < -0.4 is 0 Å². The summed E-state index contributed by atoms with van der Waals surface area (Å²) in [6, 6.07) is 14.6. The normalized spacial score (nSPS) is 11.3. The molecule has 40 heavy (non-hydrogen) atoms. The maximum absolute atomic E-state index is 10.3. The molecule has 0 radical (unpaired) electrons. The van der Waals surface area contributed by atoms with Crippen molar-refractivity contribution in [2.75, 3.05) is 6.54 Å². The second-order valence-corrected chi connectivity index (χ2v) is 9.34. The van der Waals surface area contributed by atoms with Gasteiger partial charge in [-0.1, -0.05) is 18.2 Å². The summed E-state index contributed by atoms with van der Waals surface area (Å²) < 4.78 is 7.94. The third-order valence-electron chi connectivity index (χ3n) is 6.04. The smallest absolute Gasteiger partial charge is 0.336 e. The predicted molar refractivity (Wildman–Crippen MR) is 143 cm³/mol. The highest BCUT2D eigenvalue weighted by molar-refractivity contribution is 5.88. The van der Waals surface area contributed by atoms with E-state index in [-0.39, 0.29) is 0 Å². The highest BCUT2D eigenvalue weighted by Crippen LogP contribution is 2.20. The van der Waals surface area contributed by atoms with Crippen molar-refractivity contribution in [1.82, 2.24) is 19.4 Å². The Morgan fingerprint density at radius 3 is 2.33 bits per heavy atom. The molecule has 0 saturated heterocycles. The lowest BCUT2D eigenvalue weighted by Crippen LogP contribution is -2.42. The Morgan fingerprint density at radius 2 is 1.73 bits per heavy atom. The lowest BCUT2D eigenvalue weighted by Gasteiger charge is -2.22. The third kappa shape index (κ3) is 9.03. The molecule has 0 bridgehead atoms. The van der Waals surface area contributed by atoms with Crippen LogP contribution in [0.1, 0.15) is 36.3 Å². The van der Waals surface area contributed by atoms with Crippen molar-refractivity contribution in [3.05, 3.63) is 84.5 Å². The fraction of sp³-hybridized carbons (Fsp3) is 0.321. The lowest BCUT2D eigenvalue weighted by atomic mass is 9.96. The van der Waals surface area contributed by atoms with Gasteiger partial charge < -0.3 is 29.4 Å². The van der Waals surface area contributed by atoms with Crippen molar-refractivity contribution < 1.29 is 39.2 Å². The van der Waals surface area contributed by atoms with Gasteiger partial charge in [-0.25, -0.2) is 9.78 Å². The summed E-state index contributed by atoms with van der Waals surface area (Å²) in [6.45, 7) is 5.60. The van der Waals surface area contributed by atoms with Crippen LogP contribution in [0, 0.1) is 6.92 Å². The molecule has 12 nitrogen and oxygen atoms in total. The van der Waals surface area contributed by atoms with Crippen LogP contribution in [-0.2, 0) is 34.0 Å². The second kappa shape index (κ2) is 14.0. The minimum atomic E-state index is -2.74. The number of aromatic nitrogens is 3. The first kappa shape index (κ1) is 30.0. The molecule has 1 aromatic carbocycles. The van der Waals surface area contributed by atoms with Crippen molar-refractivity contribution in [3.63, 3.8) is 0 Å². The van der Waals surface area contributed by atoms with E-state index in [1.165, 1.54) is 10.9 Å². The number of imidazole rings is 1. The van der Waals surface area contributed by atoms with Crippen molar-refractivity contribution in [3.8, 4) is 0 Å². The average molecular weight is 553 g/mol. The molecule has 212 valence electrons. The van der Waals surface area contributed by atoms with Gasteiger partial charge in [0.05, 0.1) is 31.2 Å². The van der Waals surface area contributed by atoms with E-state index >= 15 is 0 Å². The van der Waals surface area contributed by atoms with Crippen LogP contribution in [0.2, 0.25) is 0 Å². The van der Waals surface area contributed by atoms with Crippen LogP contribution in [-0.4, -0.2) is 69.9 Å². The molecule has 0 atom stereocenters. The van der Waals surface area contributed by atoms with Gasteiger partial charge in [0.25, 0.3) is 0 Å². The number of furan rings is 1. The maximum Gasteiger partial charge on any atom is 0.336 e. The van der Waals surface area contributed by atoms with Crippen molar-refractivity contribution >= 4 is 28.8 Å². The number of pyridine rings is 1. The molecule has 0 unspecified atom stereocenters. The number of hydrogen-bond donors (Lipinski definition) is 4. The summed E-state index contributed by atoms with van der Waals surface area (Å²) in [6.07, 6.45) is 6.32. The number of carboxylic acids is 3. The van der Waals surface area contributed by atoms with Gasteiger partial charge in [-0.3, -0.25) is 19.5 Å². The van der Waals surface area contributed by atoms with Crippen molar-refractivity contribution in [2.24, 2.45) is 0 Å². The summed E-state index contributed by atoms with van der Waals surface area (Å²) in [4.78, 5) is 41.5. The summed E-state index contributed by atoms with van der Waals surface area (Å²) in [5, 5.41) is 35.0. The van der Waals surface area contributed by atoms with E-state index in [1.807, 2.05) is 44.0 Å². The molecule has 0 aliphatic rings. The Bertz CT molecular complexity index is 1400. The number of rotatable bonds is 13. The molecule has 12 heteroatoms. The number of aliphatic carboxylic acids is 3. The Morgan fingerprint density at radius 1 is 0.975 bits per heavy atom. The van der Waals surface area contributed by atoms with Crippen LogP contribution in [0.4, 0.5) is 0 Å². The van der Waals surface area contributed by atoms with Gasteiger partial charge in [0.1, 0.15) is 11.5 Å². The molecule has 4 N–H and O–H groups in total. The number of carbonyl (C=O) groups is 3. The number of aryl methyl sites for hydroxylation is 2. The first-order valence-electron chi connectivity index (χ1n) is 12.5. The van der Waals surface area contributed by atoms with E-state index < -0.39 is 36.4 Å². The molecule has 0 aliphatic carbocycles. The first-order valence-corrected chi connectivity index (χ1v) is 12.5. The van der Waals surface area contributed by atoms with Crippen molar-refractivity contribution in [2.45, 2.75) is 51.4 Å². The zero-order valence-corrected chi connectivity index (χ0v) is 22.0. The fourth-order valence-corrected chi connectivity index (χ4v) is 4.16. The molecule has 0 aliphatic heterocycles. The topological polar surface area (TPSA) is 179 Å². The highest BCUT2D eigenvalue weighted by Gasteiger charge is 2.40. The largest absolute Gasteiger partial charge is 0.481 e. The van der Waals surface area contributed by atoms with Gasteiger partial charge in [-0.05, 0) is 43.2 Å². The fourth-order valence-electron chi connectivity index (χ4n) is 4.16. The Kier molecular flexibility index (Phi) is 10.5. The summed E-state index contributed by atoms with van der Waals surface area (Å²) in [5.41, 5.74) is -0.397. The summed E-state index contributed by atoms with van der Waals surface area (Å²) in [5.74, 6) is -3.05. The molecule has 4 aromatic rings. The van der Waals surface area contributed by atoms with Crippen molar-refractivity contribution in [1.29, 1.82) is 0 Å². The average Bonchev–Trinajstić information content (AvgIpc) is 3.55. The molecule has 0 fully saturated rings. The molecule has 3 heterocycles. The lowest BCUT2D eigenvalue weighted by molar-refractivity contribution is -0.170. The van der Waals surface area contributed by atoms with Crippen LogP contribution in [0.25, 0.3) is 10.9 Å². The van der Waals surface area contributed by atoms with Gasteiger partial charge >= 0.3 is 17.9 Å². The van der Waals surface area contributed by atoms with Crippen LogP contribution in [0.3, 0.4) is 0 Å². The van der Waals surface area contributed by atoms with E-state index in [0.29, 0.717) is 0 Å². The first-order chi connectivity index (χ1) is 19.1.